The minimum absolute atomic E-state index is 0.397. The lowest BCUT2D eigenvalue weighted by Gasteiger charge is -2.21. The largest absolute Gasteiger partial charge is 0.319 e. The molecule has 0 aromatic carbocycles. The molecule has 1 fully saturated rings. The molecule has 0 bridgehead atoms. The van der Waals surface area contributed by atoms with Gasteiger partial charge in [-0.15, -0.1) is 0 Å². The lowest BCUT2D eigenvalue weighted by atomic mass is 10.4. The molecule has 0 spiro atoms. The highest BCUT2D eigenvalue weighted by Gasteiger charge is 2.15. The highest BCUT2D eigenvalue weighted by Crippen LogP contribution is 2.23. The van der Waals surface area contributed by atoms with E-state index < -0.39 is 6.55 Å². The molecule has 1 aromatic heterocycles. The van der Waals surface area contributed by atoms with Gasteiger partial charge < -0.3 is 5.32 Å². The summed E-state index contributed by atoms with van der Waals surface area (Å²) in [6.45, 7) is -1.25. The van der Waals surface area contributed by atoms with Crippen molar-refractivity contribution in [3.63, 3.8) is 0 Å². The van der Waals surface area contributed by atoms with Gasteiger partial charge in [0.15, 0.2) is 0 Å². The fraction of sp³-hybridized carbons (Fsp3) is 0.700. The van der Waals surface area contributed by atoms with Crippen LogP contribution in [0.2, 0.25) is 0 Å². The Morgan fingerprint density at radius 3 is 3.12 bits per heavy atom. The van der Waals surface area contributed by atoms with Crippen LogP contribution in [0.5, 0.6) is 0 Å². The van der Waals surface area contributed by atoms with Gasteiger partial charge in [0.05, 0.1) is 6.54 Å². The van der Waals surface area contributed by atoms with Crippen LogP contribution in [0.3, 0.4) is 0 Å². The van der Waals surface area contributed by atoms with E-state index in [1.54, 1.807) is 0 Å². The minimum atomic E-state index is -2.51. The van der Waals surface area contributed by atoms with Crippen molar-refractivity contribution in [2.45, 2.75) is 18.3 Å². The average Bonchev–Trinajstić information content (AvgIpc) is 2.79. The third-order valence-electron chi connectivity index (χ3n) is 2.50. The summed E-state index contributed by atoms with van der Waals surface area (Å²) in [5.74, 6) is 3.94. The maximum Gasteiger partial charge on any atom is 0.319 e. The third kappa shape index (κ3) is 3.86. The van der Waals surface area contributed by atoms with E-state index in [0.29, 0.717) is 17.6 Å². The standard InChI is InChI=1S/C10H15F2N3S2/c11-10(12)15-2-1-14-9(15)6-13-5-8-7-16-3-4-17-8/h1-2,8,10,13H,3-7H2. The lowest BCUT2D eigenvalue weighted by Crippen LogP contribution is -2.29. The van der Waals surface area contributed by atoms with Gasteiger partial charge in [0.2, 0.25) is 0 Å². The van der Waals surface area contributed by atoms with Crippen LogP contribution in [0, 0.1) is 0 Å². The number of hydrogen-bond acceptors (Lipinski definition) is 4. The number of hydrogen-bond donors (Lipinski definition) is 1. The second-order valence-corrected chi connectivity index (χ2v) is 6.29. The predicted molar refractivity (Wildman–Crippen MR) is 68.8 cm³/mol. The van der Waals surface area contributed by atoms with E-state index in [-0.39, 0.29) is 0 Å². The number of nitrogens with zero attached hydrogens (tertiary/aromatic N) is 2. The maximum atomic E-state index is 12.5. The molecule has 96 valence electrons. The SMILES string of the molecule is FC(F)n1ccnc1CNCC1CSCCS1. The lowest BCUT2D eigenvalue weighted by molar-refractivity contribution is 0.0666. The first kappa shape index (κ1) is 13.2. The van der Waals surface area contributed by atoms with Crippen molar-refractivity contribution in [1.29, 1.82) is 0 Å². The molecule has 17 heavy (non-hydrogen) atoms. The molecule has 1 unspecified atom stereocenters. The molecule has 0 radical (unpaired) electrons. The first-order valence-corrected chi connectivity index (χ1v) is 7.67. The number of alkyl halides is 2. The molecule has 2 heterocycles. The van der Waals surface area contributed by atoms with Gasteiger partial charge in [0.25, 0.3) is 0 Å². The summed E-state index contributed by atoms with van der Waals surface area (Å²) in [6.07, 6.45) is 2.72. The van der Waals surface area contributed by atoms with Crippen molar-refractivity contribution in [1.82, 2.24) is 14.9 Å². The molecule has 2 rings (SSSR count). The van der Waals surface area contributed by atoms with Crippen LogP contribution in [0.1, 0.15) is 12.4 Å². The summed E-state index contributed by atoms with van der Waals surface area (Å²) in [4.78, 5) is 3.93. The molecule has 3 nitrogen and oxygen atoms in total. The molecule has 0 amide bonds. The van der Waals surface area contributed by atoms with Crippen molar-refractivity contribution < 1.29 is 8.78 Å². The molecule has 0 saturated carbocycles. The van der Waals surface area contributed by atoms with Crippen LogP contribution in [-0.4, -0.2) is 38.6 Å². The monoisotopic (exact) mass is 279 g/mol. The highest BCUT2D eigenvalue weighted by molar-refractivity contribution is 8.06. The van der Waals surface area contributed by atoms with Crippen molar-refractivity contribution in [3.8, 4) is 0 Å². The molecule has 0 aliphatic carbocycles. The van der Waals surface area contributed by atoms with Crippen LogP contribution >= 0.6 is 23.5 Å². The Morgan fingerprint density at radius 2 is 2.41 bits per heavy atom. The van der Waals surface area contributed by atoms with Crippen molar-refractivity contribution in [2.75, 3.05) is 23.8 Å². The fourth-order valence-electron chi connectivity index (χ4n) is 1.66. The first-order valence-electron chi connectivity index (χ1n) is 5.47. The number of halogens is 2. The number of imidazole rings is 1. The van der Waals surface area contributed by atoms with Crippen molar-refractivity contribution >= 4 is 23.5 Å². The molecule has 1 aromatic rings. The summed E-state index contributed by atoms with van der Waals surface area (Å²) in [6, 6.07) is 0. The van der Waals surface area contributed by atoms with Gasteiger partial charge in [-0.2, -0.15) is 32.3 Å². The Balaban J connectivity index is 1.75. The van der Waals surface area contributed by atoms with Gasteiger partial charge >= 0.3 is 6.55 Å². The summed E-state index contributed by atoms with van der Waals surface area (Å²) in [7, 11) is 0. The van der Waals surface area contributed by atoms with E-state index in [4.69, 9.17) is 0 Å². The Morgan fingerprint density at radius 1 is 1.53 bits per heavy atom. The quantitative estimate of drug-likeness (QED) is 0.895. The molecule has 1 saturated heterocycles. The Kier molecular flexibility index (Phi) is 5.12. The average molecular weight is 279 g/mol. The first-order chi connectivity index (χ1) is 8.27. The fourth-order valence-corrected chi connectivity index (χ4v) is 4.30. The second-order valence-electron chi connectivity index (χ2n) is 3.73. The van der Waals surface area contributed by atoms with Crippen LogP contribution in [0.25, 0.3) is 0 Å². The van der Waals surface area contributed by atoms with Crippen LogP contribution in [0.15, 0.2) is 12.4 Å². The van der Waals surface area contributed by atoms with E-state index >= 15 is 0 Å². The van der Waals surface area contributed by atoms with E-state index in [9.17, 15) is 8.78 Å². The smallest absolute Gasteiger partial charge is 0.309 e. The van der Waals surface area contributed by atoms with Gasteiger partial charge in [0, 0.05) is 41.4 Å². The Hall–Kier alpha value is -0.270. The van der Waals surface area contributed by atoms with Crippen LogP contribution in [-0.2, 0) is 6.54 Å². The third-order valence-corrected chi connectivity index (χ3v) is 5.34. The molecular formula is C10H15F2N3S2. The van der Waals surface area contributed by atoms with E-state index in [1.165, 1.54) is 23.9 Å². The van der Waals surface area contributed by atoms with Crippen LogP contribution < -0.4 is 5.32 Å². The number of rotatable bonds is 5. The van der Waals surface area contributed by atoms with E-state index in [0.717, 1.165) is 16.9 Å². The number of aromatic nitrogens is 2. The zero-order chi connectivity index (χ0) is 12.1. The summed E-state index contributed by atoms with van der Waals surface area (Å²) in [5.41, 5.74) is 0. The van der Waals surface area contributed by atoms with Crippen LogP contribution in [0.4, 0.5) is 8.78 Å². The topological polar surface area (TPSA) is 29.9 Å². The van der Waals surface area contributed by atoms with Crippen molar-refractivity contribution in [3.05, 3.63) is 18.2 Å². The van der Waals surface area contributed by atoms with Gasteiger partial charge in [-0.3, -0.25) is 4.57 Å². The molecule has 1 aliphatic rings. The minimum Gasteiger partial charge on any atom is -0.309 e. The van der Waals surface area contributed by atoms with E-state index in [1.807, 2.05) is 23.5 Å². The molecule has 1 aliphatic heterocycles. The summed E-state index contributed by atoms with van der Waals surface area (Å²) >= 11 is 3.91. The molecule has 1 N–H and O–H groups in total. The number of nitrogens with one attached hydrogen (secondary N) is 1. The van der Waals surface area contributed by atoms with Gasteiger partial charge in [0.1, 0.15) is 5.82 Å². The number of thioether (sulfide) groups is 2. The molecule has 7 heteroatoms. The zero-order valence-corrected chi connectivity index (χ0v) is 10.9. The van der Waals surface area contributed by atoms with Crippen molar-refractivity contribution in [2.24, 2.45) is 0 Å². The second kappa shape index (κ2) is 6.61. The maximum absolute atomic E-state index is 12.5. The Labute approximate surface area is 108 Å². The van der Waals surface area contributed by atoms with Gasteiger partial charge in [-0.1, -0.05) is 0 Å². The predicted octanol–water partition coefficient (Wildman–Crippen LogP) is 2.22. The van der Waals surface area contributed by atoms with Gasteiger partial charge in [-0.05, 0) is 0 Å². The van der Waals surface area contributed by atoms with E-state index in [2.05, 4.69) is 10.3 Å². The summed E-state index contributed by atoms with van der Waals surface area (Å²) in [5, 5.41) is 3.79. The normalized spacial score (nSPS) is 21.0. The zero-order valence-electron chi connectivity index (χ0n) is 9.31. The molecule has 1 atom stereocenters. The summed E-state index contributed by atoms with van der Waals surface area (Å²) < 4.78 is 26.0. The Bertz CT molecular complexity index is 340. The highest BCUT2D eigenvalue weighted by atomic mass is 32.2. The van der Waals surface area contributed by atoms with Gasteiger partial charge in [-0.25, -0.2) is 4.98 Å². The molecular weight excluding hydrogens is 264 g/mol.